The van der Waals surface area contributed by atoms with Crippen molar-refractivity contribution in [3.8, 4) is 0 Å². The molecule has 0 fully saturated rings. The molecule has 2 heterocycles. The van der Waals surface area contributed by atoms with Crippen molar-refractivity contribution in [2.75, 3.05) is 18.9 Å². The van der Waals surface area contributed by atoms with Crippen LogP contribution in [0.15, 0.2) is 29.0 Å². The van der Waals surface area contributed by atoms with Crippen LogP contribution in [0, 0.1) is 0 Å². The SMILES string of the molecule is CCNc1ccc(C(=O)N(C)Cc2ccsc2)nn1. The smallest absolute Gasteiger partial charge is 0.274 e. The number of hydrogen-bond donors (Lipinski definition) is 1. The van der Waals surface area contributed by atoms with Crippen LogP contribution >= 0.6 is 11.3 Å². The minimum Gasteiger partial charge on any atom is -0.369 e. The van der Waals surface area contributed by atoms with Crippen LogP contribution in [0.3, 0.4) is 0 Å². The van der Waals surface area contributed by atoms with E-state index in [1.807, 2.05) is 23.8 Å². The Balaban J connectivity index is 2.02. The Morgan fingerprint density at radius 3 is 2.79 bits per heavy atom. The molecule has 100 valence electrons. The first-order chi connectivity index (χ1) is 9.20. The van der Waals surface area contributed by atoms with E-state index in [0.29, 0.717) is 18.1 Å². The number of carbonyl (C=O) groups is 1. The molecule has 5 nitrogen and oxygen atoms in total. The summed E-state index contributed by atoms with van der Waals surface area (Å²) in [5.74, 6) is 0.557. The van der Waals surface area contributed by atoms with E-state index in [4.69, 9.17) is 0 Å². The van der Waals surface area contributed by atoms with Crippen molar-refractivity contribution in [3.63, 3.8) is 0 Å². The minimum absolute atomic E-state index is 0.123. The second-order valence-corrected chi connectivity index (χ2v) is 4.91. The predicted octanol–water partition coefficient (Wildman–Crippen LogP) is 2.24. The number of carbonyl (C=O) groups excluding carboxylic acids is 1. The fourth-order valence-electron chi connectivity index (χ4n) is 1.65. The molecule has 2 aromatic rings. The molecule has 0 unspecified atom stereocenters. The van der Waals surface area contributed by atoms with Gasteiger partial charge in [-0.2, -0.15) is 11.3 Å². The zero-order chi connectivity index (χ0) is 13.7. The molecular formula is C13H16N4OS. The van der Waals surface area contributed by atoms with Crippen LogP contribution in [-0.2, 0) is 6.54 Å². The topological polar surface area (TPSA) is 58.1 Å². The van der Waals surface area contributed by atoms with Crippen LogP contribution in [0.1, 0.15) is 23.0 Å². The van der Waals surface area contributed by atoms with E-state index in [0.717, 1.165) is 12.1 Å². The third-order valence-electron chi connectivity index (χ3n) is 2.59. The van der Waals surface area contributed by atoms with Crippen molar-refractivity contribution >= 4 is 23.1 Å². The highest BCUT2D eigenvalue weighted by Gasteiger charge is 2.14. The van der Waals surface area contributed by atoms with Gasteiger partial charge in [0.1, 0.15) is 5.82 Å². The Kier molecular flexibility index (Phi) is 4.46. The molecule has 0 aliphatic heterocycles. The van der Waals surface area contributed by atoms with Gasteiger partial charge in [0, 0.05) is 20.1 Å². The monoisotopic (exact) mass is 276 g/mol. The highest BCUT2D eigenvalue weighted by molar-refractivity contribution is 7.07. The van der Waals surface area contributed by atoms with Crippen molar-refractivity contribution in [1.29, 1.82) is 0 Å². The maximum atomic E-state index is 12.1. The molecule has 0 bridgehead atoms. The number of aromatic nitrogens is 2. The number of nitrogens with one attached hydrogen (secondary N) is 1. The fraction of sp³-hybridized carbons (Fsp3) is 0.308. The van der Waals surface area contributed by atoms with E-state index in [1.165, 1.54) is 0 Å². The molecule has 0 saturated carbocycles. The summed E-state index contributed by atoms with van der Waals surface area (Å²) in [5.41, 5.74) is 1.48. The molecule has 0 aliphatic rings. The summed E-state index contributed by atoms with van der Waals surface area (Å²) in [7, 11) is 1.76. The summed E-state index contributed by atoms with van der Waals surface area (Å²) >= 11 is 1.62. The van der Waals surface area contributed by atoms with Crippen LogP contribution in [-0.4, -0.2) is 34.6 Å². The molecule has 6 heteroatoms. The summed E-state index contributed by atoms with van der Waals surface area (Å²) in [6, 6.07) is 5.47. The van der Waals surface area contributed by atoms with Crippen molar-refractivity contribution < 1.29 is 4.79 Å². The summed E-state index contributed by atoms with van der Waals surface area (Å²) < 4.78 is 0. The maximum Gasteiger partial charge on any atom is 0.274 e. The average molecular weight is 276 g/mol. The summed E-state index contributed by atoms with van der Waals surface area (Å²) in [6.07, 6.45) is 0. The molecular weight excluding hydrogens is 260 g/mol. The zero-order valence-electron chi connectivity index (χ0n) is 11.0. The quantitative estimate of drug-likeness (QED) is 0.910. The van der Waals surface area contributed by atoms with Gasteiger partial charge in [-0.3, -0.25) is 4.79 Å². The Hall–Kier alpha value is -1.95. The van der Waals surface area contributed by atoms with E-state index in [1.54, 1.807) is 35.4 Å². The van der Waals surface area contributed by atoms with Crippen molar-refractivity contribution in [3.05, 3.63) is 40.2 Å². The molecule has 0 spiro atoms. The van der Waals surface area contributed by atoms with Gasteiger partial charge in [0.25, 0.3) is 5.91 Å². The van der Waals surface area contributed by atoms with Gasteiger partial charge in [-0.05, 0) is 41.4 Å². The highest BCUT2D eigenvalue weighted by atomic mass is 32.1. The third kappa shape index (κ3) is 3.51. The number of anilines is 1. The Morgan fingerprint density at radius 1 is 1.37 bits per heavy atom. The second kappa shape index (κ2) is 6.29. The normalized spacial score (nSPS) is 10.2. The molecule has 0 atom stereocenters. The number of amides is 1. The molecule has 1 N–H and O–H groups in total. The number of rotatable bonds is 5. The molecule has 2 aromatic heterocycles. The average Bonchev–Trinajstić information content (AvgIpc) is 2.92. The lowest BCUT2D eigenvalue weighted by Gasteiger charge is -2.15. The van der Waals surface area contributed by atoms with Gasteiger partial charge in [0.05, 0.1) is 0 Å². The van der Waals surface area contributed by atoms with E-state index in [2.05, 4.69) is 15.5 Å². The van der Waals surface area contributed by atoms with Crippen LogP contribution in [0.4, 0.5) is 5.82 Å². The van der Waals surface area contributed by atoms with Gasteiger partial charge in [-0.15, -0.1) is 10.2 Å². The van der Waals surface area contributed by atoms with Crippen molar-refractivity contribution in [1.82, 2.24) is 15.1 Å². The molecule has 1 amide bonds. The van der Waals surface area contributed by atoms with E-state index < -0.39 is 0 Å². The zero-order valence-corrected chi connectivity index (χ0v) is 11.8. The lowest BCUT2D eigenvalue weighted by Crippen LogP contribution is -2.27. The molecule has 0 aliphatic carbocycles. The standard InChI is InChI=1S/C13H16N4OS/c1-3-14-12-5-4-11(15-16-12)13(18)17(2)8-10-6-7-19-9-10/h4-7,9H,3,8H2,1-2H3,(H,14,16). The number of nitrogens with zero attached hydrogens (tertiary/aromatic N) is 3. The second-order valence-electron chi connectivity index (χ2n) is 4.13. The Labute approximate surface area is 116 Å². The predicted molar refractivity (Wildman–Crippen MR) is 76.3 cm³/mol. The van der Waals surface area contributed by atoms with Gasteiger partial charge in [-0.1, -0.05) is 0 Å². The van der Waals surface area contributed by atoms with Gasteiger partial charge in [0.2, 0.25) is 0 Å². The third-order valence-corrected chi connectivity index (χ3v) is 3.32. The van der Waals surface area contributed by atoms with Crippen LogP contribution < -0.4 is 5.32 Å². The molecule has 0 aromatic carbocycles. The van der Waals surface area contributed by atoms with Gasteiger partial charge in [0.15, 0.2) is 5.69 Å². The van der Waals surface area contributed by atoms with Crippen LogP contribution in [0.5, 0.6) is 0 Å². The molecule has 19 heavy (non-hydrogen) atoms. The first-order valence-electron chi connectivity index (χ1n) is 6.05. The summed E-state index contributed by atoms with van der Waals surface area (Å²) in [6.45, 7) is 3.34. The molecule has 0 radical (unpaired) electrons. The van der Waals surface area contributed by atoms with Crippen LogP contribution in [0.2, 0.25) is 0 Å². The fourth-order valence-corrected chi connectivity index (χ4v) is 2.31. The molecule has 2 rings (SSSR count). The van der Waals surface area contributed by atoms with E-state index >= 15 is 0 Å². The lowest BCUT2D eigenvalue weighted by atomic mass is 10.3. The highest BCUT2D eigenvalue weighted by Crippen LogP contribution is 2.10. The Bertz CT molecular complexity index is 524. The number of hydrogen-bond acceptors (Lipinski definition) is 5. The number of thiophene rings is 1. The summed E-state index contributed by atoms with van der Waals surface area (Å²) in [4.78, 5) is 13.8. The van der Waals surface area contributed by atoms with Crippen LogP contribution in [0.25, 0.3) is 0 Å². The first kappa shape index (κ1) is 13.5. The minimum atomic E-state index is -0.123. The van der Waals surface area contributed by atoms with Gasteiger partial charge < -0.3 is 10.2 Å². The summed E-state index contributed by atoms with van der Waals surface area (Å²) in [5, 5.41) is 15.0. The van der Waals surface area contributed by atoms with Crippen molar-refractivity contribution in [2.45, 2.75) is 13.5 Å². The van der Waals surface area contributed by atoms with E-state index in [9.17, 15) is 4.79 Å². The van der Waals surface area contributed by atoms with E-state index in [-0.39, 0.29) is 5.91 Å². The first-order valence-corrected chi connectivity index (χ1v) is 6.99. The van der Waals surface area contributed by atoms with Gasteiger partial charge >= 0.3 is 0 Å². The Morgan fingerprint density at radius 2 is 2.21 bits per heavy atom. The van der Waals surface area contributed by atoms with Crippen molar-refractivity contribution in [2.24, 2.45) is 0 Å². The maximum absolute atomic E-state index is 12.1. The van der Waals surface area contributed by atoms with Gasteiger partial charge in [-0.25, -0.2) is 0 Å². The molecule has 0 saturated heterocycles. The largest absolute Gasteiger partial charge is 0.369 e. The lowest BCUT2D eigenvalue weighted by molar-refractivity contribution is 0.0778.